The van der Waals surface area contributed by atoms with Crippen LogP contribution in [0.25, 0.3) is 10.9 Å². The van der Waals surface area contributed by atoms with Crippen LogP contribution in [0.2, 0.25) is 0 Å². The number of aryl methyl sites for hydroxylation is 1. The first kappa shape index (κ1) is 27.3. The molecule has 1 atom stereocenters. The minimum atomic E-state index is -1.07. The minimum Gasteiger partial charge on any atom is -0.350 e. The van der Waals surface area contributed by atoms with Crippen LogP contribution in [0.4, 0.5) is 8.78 Å². The van der Waals surface area contributed by atoms with Gasteiger partial charge in [0.05, 0.1) is 5.56 Å². The molecule has 1 aromatic heterocycles. The highest BCUT2D eigenvalue weighted by Crippen LogP contribution is 2.32. The van der Waals surface area contributed by atoms with Gasteiger partial charge >= 0.3 is 0 Å². The number of aromatic nitrogens is 1. The molecule has 2 fully saturated rings. The van der Waals surface area contributed by atoms with Crippen LogP contribution >= 0.6 is 0 Å². The molecule has 0 saturated carbocycles. The van der Waals surface area contributed by atoms with Gasteiger partial charge in [-0.05, 0) is 74.9 Å². The van der Waals surface area contributed by atoms with Gasteiger partial charge in [0.15, 0.2) is 6.67 Å². The minimum absolute atomic E-state index is 0.0142. The summed E-state index contributed by atoms with van der Waals surface area (Å²) >= 11 is 0. The number of carbonyl (C=O) groups is 2. The summed E-state index contributed by atoms with van der Waals surface area (Å²) in [5.41, 5.74) is 3.16. The molecule has 208 valence electrons. The topological polar surface area (TPSA) is 57.6 Å². The number of benzene rings is 2. The van der Waals surface area contributed by atoms with Gasteiger partial charge in [-0.2, -0.15) is 0 Å². The van der Waals surface area contributed by atoms with Gasteiger partial charge in [-0.1, -0.05) is 36.8 Å². The van der Waals surface area contributed by atoms with Gasteiger partial charge in [0.25, 0.3) is 11.8 Å². The Morgan fingerprint density at radius 1 is 1.03 bits per heavy atom. The summed E-state index contributed by atoms with van der Waals surface area (Å²) in [4.78, 5) is 29.3. The first-order valence-corrected chi connectivity index (χ1v) is 14.1. The molecule has 0 radical (unpaired) electrons. The molecule has 1 N–H and O–H groups in total. The van der Waals surface area contributed by atoms with Crippen molar-refractivity contribution in [1.29, 1.82) is 0 Å². The number of piperidine rings is 2. The lowest BCUT2D eigenvalue weighted by molar-refractivity contribution is -0.122. The van der Waals surface area contributed by atoms with Crippen molar-refractivity contribution < 1.29 is 18.4 Å². The summed E-state index contributed by atoms with van der Waals surface area (Å²) in [6.07, 6.45) is 8.20. The Labute approximate surface area is 229 Å². The predicted molar refractivity (Wildman–Crippen MR) is 149 cm³/mol. The lowest BCUT2D eigenvalue weighted by atomic mass is 9.88. The van der Waals surface area contributed by atoms with Crippen LogP contribution in [0.3, 0.4) is 0 Å². The number of carbonyl (C=O) groups excluding carboxylic acids is 2. The van der Waals surface area contributed by atoms with E-state index in [2.05, 4.69) is 27.9 Å². The third-order valence-electron chi connectivity index (χ3n) is 8.54. The second-order valence-corrected chi connectivity index (χ2v) is 11.0. The number of halogens is 2. The molecule has 2 saturated heterocycles. The predicted octanol–water partition coefficient (Wildman–Crippen LogP) is 5.26. The number of alkyl halides is 1. The molecule has 2 amide bonds. The number of nitrogens with zero attached hydrogens (tertiary/aromatic N) is 3. The van der Waals surface area contributed by atoms with E-state index >= 15 is 0 Å². The molecule has 0 bridgehead atoms. The number of para-hydroxylation sites is 1. The number of nitrogens with one attached hydrogen (secondary N) is 1. The summed E-state index contributed by atoms with van der Waals surface area (Å²) in [6, 6.07) is 13.5. The molecule has 5 rings (SSSR count). The molecule has 2 aliphatic rings. The van der Waals surface area contributed by atoms with E-state index in [9.17, 15) is 18.4 Å². The summed E-state index contributed by atoms with van der Waals surface area (Å²) in [7, 11) is 2.21. The van der Waals surface area contributed by atoms with Crippen molar-refractivity contribution >= 4 is 22.7 Å². The number of hydrogen-bond acceptors (Lipinski definition) is 3. The van der Waals surface area contributed by atoms with E-state index in [4.69, 9.17) is 0 Å². The van der Waals surface area contributed by atoms with Crippen molar-refractivity contribution in [2.24, 2.45) is 0 Å². The average Bonchev–Trinajstić information content (AvgIpc) is 3.34. The van der Waals surface area contributed by atoms with Crippen molar-refractivity contribution in [1.82, 2.24) is 19.7 Å². The Hall–Kier alpha value is -3.26. The first-order chi connectivity index (χ1) is 18.9. The molecular formula is C31H38F2N4O2. The highest BCUT2D eigenvalue weighted by atomic mass is 19.1. The number of amides is 2. The van der Waals surface area contributed by atoms with Gasteiger partial charge in [0.1, 0.15) is 5.82 Å². The van der Waals surface area contributed by atoms with Gasteiger partial charge in [0, 0.05) is 49.3 Å². The highest BCUT2D eigenvalue weighted by molar-refractivity contribution is 6.07. The lowest BCUT2D eigenvalue weighted by Crippen LogP contribution is -2.38. The Bertz CT molecular complexity index is 1320. The fourth-order valence-corrected chi connectivity index (χ4v) is 6.23. The van der Waals surface area contributed by atoms with E-state index in [0.29, 0.717) is 37.5 Å². The standard InChI is InChI=1S/C31H38F2N4O2/c1-35-14-5-4-6-24(35)13-17-37-21-27(25-7-2-3-8-29(25)37)31(39)36-15-11-23(12-16-36)26-18-22(9-10-28(26)33)20-34-30(38)19-32/h2-3,7-10,18,21,23-24H,4-6,11-17,19-20H2,1H3,(H,34,38). The van der Waals surface area contributed by atoms with Crippen molar-refractivity contribution in [2.75, 3.05) is 33.4 Å². The third-order valence-corrected chi connectivity index (χ3v) is 8.54. The summed E-state index contributed by atoms with van der Waals surface area (Å²) in [5, 5.41) is 3.47. The van der Waals surface area contributed by atoms with E-state index in [-0.39, 0.29) is 24.2 Å². The molecule has 2 aromatic carbocycles. The van der Waals surface area contributed by atoms with Gasteiger partial charge in [-0.15, -0.1) is 0 Å². The van der Waals surface area contributed by atoms with Crippen LogP contribution in [-0.4, -0.2) is 65.6 Å². The van der Waals surface area contributed by atoms with Crippen molar-refractivity contribution in [3.63, 3.8) is 0 Å². The molecule has 3 aromatic rings. The summed E-state index contributed by atoms with van der Waals surface area (Å²) in [6.45, 7) is 2.23. The molecule has 6 nitrogen and oxygen atoms in total. The monoisotopic (exact) mass is 536 g/mol. The zero-order valence-electron chi connectivity index (χ0n) is 22.7. The third kappa shape index (κ3) is 6.16. The zero-order valence-corrected chi connectivity index (χ0v) is 22.7. The van der Waals surface area contributed by atoms with E-state index in [0.717, 1.165) is 41.5 Å². The fraction of sp³-hybridized carbons (Fsp3) is 0.484. The van der Waals surface area contributed by atoms with Crippen LogP contribution < -0.4 is 5.32 Å². The Kier molecular flexibility index (Phi) is 8.60. The average molecular weight is 537 g/mol. The van der Waals surface area contributed by atoms with Gasteiger partial charge in [-0.25, -0.2) is 8.78 Å². The van der Waals surface area contributed by atoms with Gasteiger partial charge in [-0.3, -0.25) is 9.59 Å². The van der Waals surface area contributed by atoms with Crippen LogP contribution in [0, 0.1) is 5.82 Å². The van der Waals surface area contributed by atoms with Crippen LogP contribution in [0.15, 0.2) is 48.7 Å². The number of likely N-dealkylation sites (tertiary alicyclic amines) is 2. The van der Waals surface area contributed by atoms with E-state index < -0.39 is 12.6 Å². The quantitative estimate of drug-likeness (QED) is 0.427. The molecule has 1 unspecified atom stereocenters. The summed E-state index contributed by atoms with van der Waals surface area (Å²) in [5.74, 6) is -0.955. The van der Waals surface area contributed by atoms with Crippen LogP contribution in [0.1, 0.15) is 65.9 Å². The largest absolute Gasteiger partial charge is 0.350 e. The molecular weight excluding hydrogens is 498 g/mol. The maximum atomic E-state index is 14.7. The molecule has 2 aliphatic heterocycles. The van der Waals surface area contributed by atoms with Crippen LogP contribution in [-0.2, 0) is 17.9 Å². The molecule has 3 heterocycles. The van der Waals surface area contributed by atoms with Gasteiger partial charge in [0.2, 0.25) is 0 Å². The Morgan fingerprint density at radius 3 is 2.59 bits per heavy atom. The second kappa shape index (κ2) is 12.3. The molecule has 0 aliphatic carbocycles. The fourth-order valence-electron chi connectivity index (χ4n) is 6.23. The first-order valence-electron chi connectivity index (χ1n) is 14.1. The van der Waals surface area contributed by atoms with Crippen molar-refractivity contribution in [3.8, 4) is 0 Å². The SMILES string of the molecule is CN1CCCCC1CCn1cc(C(=O)N2CCC(c3cc(CNC(=O)CF)ccc3F)CC2)c2ccccc21. The molecule has 39 heavy (non-hydrogen) atoms. The molecule has 0 spiro atoms. The second-order valence-electron chi connectivity index (χ2n) is 11.0. The Morgan fingerprint density at radius 2 is 1.82 bits per heavy atom. The molecule has 8 heteroatoms. The van der Waals surface area contributed by atoms with E-state index in [1.54, 1.807) is 12.1 Å². The summed E-state index contributed by atoms with van der Waals surface area (Å²) < 4.78 is 29.4. The smallest absolute Gasteiger partial charge is 0.256 e. The maximum Gasteiger partial charge on any atom is 0.256 e. The number of hydrogen-bond donors (Lipinski definition) is 1. The normalized spacial score (nSPS) is 18.9. The number of fused-ring (bicyclic) bond motifs is 1. The van der Waals surface area contributed by atoms with E-state index in [1.165, 1.54) is 25.3 Å². The maximum absolute atomic E-state index is 14.7. The lowest BCUT2D eigenvalue weighted by Gasteiger charge is -2.32. The Balaban J connectivity index is 1.25. The van der Waals surface area contributed by atoms with Crippen LogP contribution in [0.5, 0.6) is 0 Å². The van der Waals surface area contributed by atoms with Crippen molar-refractivity contribution in [3.05, 3.63) is 71.2 Å². The zero-order chi connectivity index (χ0) is 27.4. The highest BCUT2D eigenvalue weighted by Gasteiger charge is 2.28. The van der Waals surface area contributed by atoms with Crippen molar-refractivity contribution in [2.45, 2.75) is 63.6 Å². The van der Waals surface area contributed by atoms with E-state index in [1.807, 2.05) is 29.3 Å². The van der Waals surface area contributed by atoms with Gasteiger partial charge < -0.3 is 19.7 Å². The number of rotatable bonds is 8.